The lowest BCUT2D eigenvalue weighted by molar-refractivity contribution is -0.285. The number of hydrogen-bond donors (Lipinski definition) is 3. The fourth-order valence-electron chi connectivity index (χ4n) is 8.79. The predicted octanol–water partition coefficient (Wildman–Crippen LogP) is 4.03. The molecule has 36 heavy (non-hydrogen) atoms. The van der Waals surface area contributed by atoms with E-state index in [1.165, 1.54) is 24.0 Å². The number of hydrogen-bond acceptors (Lipinski definition) is 6. The first-order valence-corrected chi connectivity index (χ1v) is 14.2. The van der Waals surface area contributed by atoms with Crippen LogP contribution in [0.4, 0.5) is 0 Å². The van der Waals surface area contributed by atoms with Gasteiger partial charge in [-0.3, -0.25) is 4.79 Å². The van der Waals surface area contributed by atoms with E-state index in [0.717, 1.165) is 43.5 Å². The van der Waals surface area contributed by atoms with Gasteiger partial charge in [-0.1, -0.05) is 44.9 Å². The number of carbonyl (C=O) groups excluding carboxylic acids is 1. The topological polar surface area (TPSA) is 96.2 Å². The standard InChI is InChI=1S/C30H46O6/c1-15(2)19-8-9-30(5)12-23-18(13-31)6-7-20-17(4)26(11-22(20)16(3)21(23)10-24(19)30)36-29-28(34)27(33)25(32)14-35-29/h6,13,15,17,19-21,23-29,32-34H,7-12,14H2,1-5H3. The number of aldehydes is 1. The van der Waals surface area contributed by atoms with Crippen molar-refractivity contribution in [2.75, 3.05) is 6.61 Å². The van der Waals surface area contributed by atoms with Crippen molar-refractivity contribution in [1.29, 1.82) is 0 Å². The molecule has 0 radical (unpaired) electrons. The van der Waals surface area contributed by atoms with Crippen molar-refractivity contribution in [2.24, 2.45) is 46.8 Å². The van der Waals surface area contributed by atoms with Crippen LogP contribution < -0.4 is 0 Å². The molecule has 3 N–H and O–H groups in total. The molecule has 1 heterocycles. The summed E-state index contributed by atoms with van der Waals surface area (Å²) in [5, 5.41) is 30.4. The Kier molecular flexibility index (Phi) is 7.32. The molecule has 4 fully saturated rings. The van der Waals surface area contributed by atoms with E-state index in [-0.39, 0.29) is 18.6 Å². The van der Waals surface area contributed by atoms with E-state index in [0.29, 0.717) is 35.0 Å². The summed E-state index contributed by atoms with van der Waals surface area (Å²) in [6.45, 7) is 11.7. The van der Waals surface area contributed by atoms with Gasteiger partial charge in [0.05, 0.1) is 12.7 Å². The van der Waals surface area contributed by atoms with Gasteiger partial charge < -0.3 is 24.8 Å². The van der Waals surface area contributed by atoms with Gasteiger partial charge in [0.1, 0.15) is 24.6 Å². The molecule has 0 aromatic carbocycles. The first-order valence-electron chi connectivity index (χ1n) is 14.2. The van der Waals surface area contributed by atoms with Crippen LogP contribution >= 0.6 is 0 Å². The number of ether oxygens (including phenoxy) is 2. The number of rotatable bonds is 4. The summed E-state index contributed by atoms with van der Waals surface area (Å²) < 4.78 is 11.8. The molecule has 12 atom stereocenters. The maximum atomic E-state index is 12.4. The minimum atomic E-state index is -1.28. The summed E-state index contributed by atoms with van der Waals surface area (Å²) in [7, 11) is 0. The minimum Gasteiger partial charge on any atom is -0.388 e. The Bertz CT molecular complexity index is 909. The van der Waals surface area contributed by atoms with Crippen molar-refractivity contribution in [3.05, 3.63) is 22.8 Å². The van der Waals surface area contributed by atoms with E-state index in [2.05, 4.69) is 40.7 Å². The monoisotopic (exact) mass is 502 g/mol. The largest absolute Gasteiger partial charge is 0.388 e. The van der Waals surface area contributed by atoms with Gasteiger partial charge in [-0.05, 0) is 97.9 Å². The molecular formula is C30H46O6. The lowest BCUT2D eigenvalue weighted by atomic mass is 9.55. The van der Waals surface area contributed by atoms with Crippen molar-refractivity contribution in [2.45, 2.75) is 104 Å². The van der Waals surface area contributed by atoms with Gasteiger partial charge in [0.2, 0.25) is 0 Å². The molecule has 5 aliphatic rings. The third kappa shape index (κ3) is 4.35. The Balaban J connectivity index is 1.43. The molecule has 12 unspecified atom stereocenters. The van der Waals surface area contributed by atoms with Gasteiger partial charge in [0.25, 0.3) is 0 Å². The molecule has 0 spiro atoms. The lowest BCUT2D eigenvalue weighted by Gasteiger charge is -2.49. The van der Waals surface area contributed by atoms with Gasteiger partial charge in [-0.2, -0.15) is 0 Å². The maximum absolute atomic E-state index is 12.4. The van der Waals surface area contributed by atoms with Gasteiger partial charge in [0.15, 0.2) is 6.29 Å². The molecule has 6 nitrogen and oxygen atoms in total. The molecule has 0 aromatic rings. The van der Waals surface area contributed by atoms with Crippen molar-refractivity contribution in [1.82, 2.24) is 0 Å². The molecule has 0 bridgehead atoms. The van der Waals surface area contributed by atoms with Crippen LogP contribution in [0.2, 0.25) is 0 Å². The zero-order valence-corrected chi connectivity index (χ0v) is 22.6. The summed E-state index contributed by atoms with van der Waals surface area (Å²) in [6, 6.07) is 0. The second kappa shape index (κ2) is 9.92. The Morgan fingerprint density at radius 3 is 2.61 bits per heavy atom. The highest BCUT2D eigenvalue weighted by Gasteiger charge is 2.54. The molecular weight excluding hydrogens is 456 g/mol. The predicted molar refractivity (Wildman–Crippen MR) is 137 cm³/mol. The van der Waals surface area contributed by atoms with E-state index in [1.807, 2.05) is 0 Å². The highest BCUT2D eigenvalue weighted by atomic mass is 16.7. The van der Waals surface area contributed by atoms with Gasteiger partial charge >= 0.3 is 0 Å². The van der Waals surface area contributed by atoms with E-state index in [9.17, 15) is 20.1 Å². The molecule has 0 aromatic heterocycles. The summed E-state index contributed by atoms with van der Waals surface area (Å²) in [6.07, 6.45) is 5.03. The van der Waals surface area contributed by atoms with Crippen molar-refractivity contribution < 1.29 is 29.6 Å². The van der Waals surface area contributed by atoms with Crippen molar-refractivity contribution >= 4 is 6.29 Å². The molecule has 202 valence electrons. The number of fused-ring (bicyclic) bond motifs is 3. The Morgan fingerprint density at radius 1 is 1.17 bits per heavy atom. The van der Waals surface area contributed by atoms with Crippen LogP contribution in [0.15, 0.2) is 22.8 Å². The minimum absolute atomic E-state index is 0.0541. The number of allylic oxidation sites excluding steroid dienone is 3. The summed E-state index contributed by atoms with van der Waals surface area (Å²) >= 11 is 0. The number of carbonyl (C=O) groups is 1. The normalized spacial score (nSPS) is 49.1. The summed E-state index contributed by atoms with van der Waals surface area (Å²) in [4.78, 5) is 12.4. The summed E-state index contributed by atoms with van der Waals surface area (Å²) in [5.41, 5.74) is 4.21. The highest BCUT2D eigenvalue weighted by Crippen LogP contribution is 2.62. The van der Waals surface area contributed by atoms with E-state index < -0.39 is 24.6 Å². The van der Waals surface area contributed by atoms with Crippen molar-refractivity contribution in [3.63, 3.8) is 0 Å². The second-order valence-electron chi connectivity index (χ2n) is 13.2. The van der Waals surface area contributed by atoms with Gasteiger partial charge in [0, 0.05) is 0 Å². The number of aliphatic hydroxyl groups is 3. The van der Waals surface area contributed by atoms with Crippen LogP contribution in [0.25, 0.3) is 0 Å². The molecule has 6 heteroatoms. The third-order valence-corrected chi connectivity index (χ3v) is 11.1. The average Bonchev–Trinajstić information content (AvgIpc) is 3.34. The van der Waals surface area contributed by atoms with Crippen LogP contribution in [0.5, 0.6) is 0 Å². The maximum Gasteiger partial charge on any atom is 0.186 e. The molecule has 3 saturated carbocycles. The van der Waals surface area contributed by atoms with Gasteiger partial charge in [-0.25, -0.2) is 0 Å². The molecule has 5 rings (SSSR count). The molecule has 1 saturated heterocycles. The SMILES string of the molecule is CC1=C2CC(OC3OCC(O)C(O)C3O)C(C)C2CC=C(C=O)C2CC3(C)CCC(C(C)C)C3CC12. The lowest BCUT2D eigenvalue weighted by Crippen LogP contribution is -2.54. The first-order chi connectivity index (χ1) is 17.1. The third-order valence-electron chi connectivity index (χ3n) is 11.1. The molecule has 0 amide bonds. The Labute approximate surface area is 216 Å². The first kappa shape index (κ1) is 26.6. The molecule has 4 aliphatic carbocycles. The summed E-state index contributed by atoms with van der Waals surface area (Å²) in [5.74, 6) is 3.30. The van der Waals surface area contributed by atoms with Crippen LogP contribution in [0.1, 0.15) is 73.1 Å². The quantitative estimate of drug-likeness (QED) is 0.397. The zero-order chi connectivity index (χ0) is 25.9. The number of aliphatic hydroxyl groups excluding tert-OH is 3. The van der Waals surface area contributed by atoms with Crippen LogP contribution in [0.3, 0.4) is 0 Å². The van der Waals surface area contributed by atoms with Crippen molar-refractivity contribution in [3.8, 4) is 0 Å². The van der Waals surface area contributed by atoms with E-state index >= 15 is 0 Å². The average molecular weight is 503 g/mol. The van der Waals surface area contributed by atoms with Crippen LogP contribution in [-0.4, -0.2) is 58.9 Å². The smallest absolute Gasteiger partial charge is 0.186 e. The zero-order valence-electron chi connectivity index (χ0n) is 22.6. The fraction of sp³-hybridized carbons (Fsp3) is 0.833. The van der Waals surface area contributed by atoms with E-state index in [4.69, 9.17) is 9.47 Å². The Hall–Kier alpha value is -1.05. The highest BCUT2D eigenvalue weighted by molar-refractivity contribution is 5.74. The van der Waals surface area contributed by atoms with Crippen LogP contribution in [-0.2, 0) is 14.3 Å². The molecule has 1 aliphatic heterocycles. The second-order valence-corrected chi connectivity index (χ2v) is 13.2. The Morgan fingerprint density at radius 2 is 1.92 bits per heavy atom. The van der Waals surface area contributed by atoms with Gasteiger partial charge in [-0.15, -0.1) is 0 Å². The van der Waals surface area contributed by atoms with E-state index in [1.54, 1.807) is 0 Å². The van der Waals surface area contributed by atoms with Crippen LogP contribution in [0, 0.1) is 46.8 Å². The fourth-order valence-corrected chi connectivity index (χ4v) is 8.79.